The summed E-state index contributed by atoms with van der Waals surface area (Å²) in [5.74, 6) is -0.631. The van der Waals surface area contributed by atoms with Crippen molar-refractivity contribution in [2.75, 3.05) is 25.1 Å². The molecule has 0 saturated heterocycles. The fraction of sp³-hybridized carbons (Fsp3) is 0.333. The molecular weight excluding hydrogens is 234 g/mol. The van der Waals surface area contributed by atoms with Gasteiger partial charge in [-0.15, -0.1) is 0 Å². The highest BCUT2D eigenvalue weighted by Crippen LogP contribution is 2.09. The lowest BCUT2D eigenvalue weighted by molar-refractivity contribution is -0.120. The second-order valence-electron chi connectivity index (χ2n) is 3.73. The molecule has 0 aromatic heterocycles. The van der Waals surface area contributed by atoms with E-state index in [2.05, 4.69) is 5.32 Å². The van der Waals surface area contributed by atoms with Gasteiger partial charge in [-0.05, 0) is 17.7 Å². The smallest absolute Gasteiger partial charge is 0.250 e. The van der Waals surface area contributed by atoms with Crippen LogP contribution in [-0.4, -0.2) is 31.6 Å². The van der Waals surface area contributed by atoms with Gasteiger partial charge in [0.05, 0.1) is 13.0 Å². The van der Waals surface area contributed by atoms with Crippen LogP contribution in [0.25, 0.3) is 0 Å². The van der Waals surface area contributed by atoms with Gasteiger partial charge in [-0.3, -0.25) is 9.59 Å². The first-order valence-electron chi connectivity index (χ1n) is 5.56. The average molecular weight is 251 g/mol. The van der Waals surface area contributed by atoms with Crippen LogP contribution in [0.2, 0.25) is 0 Å². The number of carbonyl (C=O) groups excluding carboxylic acids is 2. The third-order valence-electron chi connectivity index (χ3n) is 2.11. The lowest BCUT2D eigenvalue weighted by Crippen LogP contribution is -2.20. The Kier molecular flexibility index (Phi) is 5.83. The molecule has 1 rings (SSSR count). The molecule has 1 aromatic rings. The Labute approximate surface area is 105 Å². The van der Waals surface area contributed by atoms with Crippen molar-refractivity contribution in [3.63, 3.8) is 0 Å². The number of rotatable bonds is 7. The van der Waals surface area contributed by atoms with Crippen LogP contribution < -0.4 is 16.8 Å². The highest BCUT2D eigenvalue weighted by atomic mass is 16.5. The molecule has 0 bridgehead atoms. The van der Waals surface area contributed by atoms with E-state index in [-0.39, 0.29) is 24.8 Å². The van der Waals surface area contributed by atoms with Gasteiger partial charge in [0.2, 0.25) is 11.8 Å². The van der Waals surface area contributed by atoms with Gasteiger partial charge < -0.3 is 21.5 Å². The van der Waals surface area contributed by atoms with Crippen molar-refractivity contribution in [2.45, 2.75) is 6.42 Å². The number of nitrogens with two attached hydrogens (primary N) is 2. The van der Waals surface area contributed by atoms with E-state index in [4.69, 9.17) is 16.2 Å². The molecule has 6 nitrogen and oxygen atoms in total. The quantitative estimate of drug-likeness (QED) is 0.574. The topological polar surface area (TPSA) is 107 Å². The standard InChI is InChI=1S/C12H17N3O3/c13-5-6-18-8-12(17)15-10-3-1-9(2-4-10)7-11(14)16/h1-4H,5-8,13H2,(H2,14,16)(H,15,17). The number of hydrogen-bond donors (Lipinski definition) is 3. The minimum absolute atomic E-state index is 0.0275. The van der Waals surface area contributed by atoms with Crippen LogP contribution >= 0.6 is 0 Å². The van der Waals surface area contributed by atoms with Crippen molar-refractivity contribution in [1.29, 1.82) is 0 Å². The zero-order valence-electron chi connectivity index (χ0n) is 10.0. The largest absolute Gasteiger partial charge is 0.370 e. The molecule has 0 radical (unpaired) electrons. The first-order valence-corrected chi connectivity index (χ1v) is 5.56. The van der Waals surface area contributed by atoms with E-state index >= 15 is 0 Å². The maximum absolute atomic E-state index is 11.4. The zero-order chi connectivity index (χ0) is 13.4. The van der Waals surface area contributed by atoms with E-state index < -0.39 is 0 Å². The molecule has 0 fully saturated rings. The Bertz CT molecular complexity index is 404. The molecule has 0 heterocycles. The van der Waals surface area contributed by atoms with Crippen LogP contribution in [0.5, 0.6) is 0 Å². The number of primary amides is 1. The SMILES string of the molecule is NCCOCC(=O)Nc1ccc(CC(N)=O)cc1. The Morgan fingerprint density at radius 2 is 1.89 bits per heavy atom. The number of carbonyl (C=O) groups is 2. The molecule has 6 heteroatoms. The molecule has 0 spiro atoms. The molecule has 1 aromatic carbocycles. The zero-order valence-corrected chi connectivity index (χ0v) is 10.0. The van der Waals surface area contributed by atoms with Crippen molar-refractivity contribution < 1.29 is 14.3 Å². The average Bonchev–Trinajstić information content (AvgIpc) is 2.31. The van der Waals surface area contributed by atoms with Gasteiger partial charge in [0, 0.05) is 12.2 Å². The van der Waals surface area contributed by atoms with Crippen LogP contribution in [-0.2, 0) is 20.7 Å². The normalized spacial score (nSPS) is 10.1. The molecule has 2 amide bonds. The molecule has 0 atom stereocenters. The monoisotopic (exact) mass is 251 g/mol. The second-order valence-corrected chi connectivity index (χ2v) is 3.73. The van der Waals surface area contributed by atoms with Crippen LogP contribution in [0.4, 0.5) is 5.69 Å². The van der Waals surface area contributed by atoms with Gasteiger partial charge in [-0.2, -0.15) is 0 Å². The van der Waals surface area contributed by atoms with Crippen molar-refractivity contribution in [3.8, 4) is 0 Å². The van der Waals surface area contributed by atoms with Crippen molar-refractivity contribution in [1.82, 2.24) is 0 Å². The highest BCUT2D eigenvalue weighted by Gasteiger charge is 2.03. The van der Waals surface area contributed by atoms with E-state index in [1.54, 1.807) is 24.3 Å². The minimum Gasteiger partial charge on any atom is -0.370 e. The van der Waals surface area contributed by atoms with Crippen LogP contribution in [0.3, 0.4) is 0 Å². The van der Waals surface area contributed by atoms with E-state index in [1.165, 1.54) is 0 Å². The van der Waals surface area contributed by atoms with E-state index in [9.17, 15) is 9.59 Å². The van der Waals surface area contributed by atoms with Gasteiger partial charge in [0.1, 0.15) is 6.61 Å². The summed E-state index contributed by atoms with van der Waals surface area (Å²) >= 11 is 0. The van der Waals surface area contributed by atoms with Crippen LogP contribution in [0, 0.1) is 0 Å². The maximum atomic E-state index is 11.4. The first-order chi connectivity index (χ1) is 8.61. The number of anilines is 1. The van der Waals surface area contributed by atoms with Gasteiger partial charge >= 0.3 is 0 Å². The third kappa shape index (κ3) is 5.42. The van der Waals surface area contributed by atoms with Crippen LogP contribution in [0.1, 0.15) is 5.56 Å². The Morgan fingerprint density at radius 3 is 2.44 bits per heavy atom. The molecule has 0 unspecified atom stereocenters. The number of ether oxygens (including phenoxy) is 1. The fourth-order valence-electron chi connectivity index (χ4n) is 1.35. The number of benzene rings is 1. The van der Waals surface area contributed by atoms with E-state index in [1.807, 2.05) is 0 Å². The van der Waals surface area contributed by atoms with Gasteiger partial charge in [0.25, 0.3) is 0 Å². The molecule has 5 N–H and O–H groups in total. The summed E-state index contributed by atoms with van der Waals surface area (Å²) in [5, 5.41) is 2.66. The predicted molar refractivity (Wildman–Crippen MR) is 67.8 cm³/mol. The molecule has 18 heavy (non-hydrogen) atoms. The molecular formula is C12H17N3O3. The summed E-state index contributed by atoms with van der Waals surface area (Å²) in [6.07, 6.45) is 0.188. The van der Waals surface area contributed by atoms with Gasteiger partial charge in [0.15, 0.2) is 0 Å². The summed E-state index contributed by atoms with van der Waals surface area (Å²) in [6, 6.07) is 6.89. The minimum atomic E-state index is -0.387. The van der Waals surface area contributed by atoms with Crippen LogP contribution in [0.15, 0.2) is 24.3 Å². The summed E-state index contributed by atoms with van der Waals surface area (Å²) in [4.78, 5) is 22.1. The lowest BCUT2D eigenvalue weighted by Gasteiger charge is -2.06. The Hall–Kier alpha value is -1.92. The number of nitrogens with one attached hydrogen (secondary N) is 1. The van der Waals surface area contributed by atoms with Crippen molar-refractivity contribution in [2.24, 2.45) is 11.5 Å². The van der Waals surface area contributed by atoms with E-state index in [0.717, 1.165) is 5.56 Å². The van der Waals surface area contributed by atoms with Crippen molar-refractivity contribution >= 4 is 17.5 Å². The number of hydrogen-bond acceptors (Lipinski definition) is 4. The third-order valence-corrected chi connectivity index (χ3v) is 2.11. The number of amides is 2. The summed E-state index contributed by atoms with van der Waals surface area (Å²) in [6.45, 7) is 0.709. The molecule has 0 saturated carbocycles. The Morgan fingerprint density at radius 1 is 1.22 bits per heavy atom. The molecule has 0 aliphatic carbocycles. The summed E-state index contributed by atoms with van der Waals surface area (Å²) < 4.78 is 4.99. The van der Waals surface area contributed by atoms with Crippen molar-refractivity contribution in [3.05, 3.63) is 29.8 Å². The van der Waals surface area contributed by atoms with E-state index in [0.29, 0.717) is 18.8 Å². The molecule has 0 aliphatic heterocycles. The molecule has 98 valence electrons. The highest BCUT2D eigenvalue weighted by molar-refractivity contribution is 5.91. The lowest BCUT2D eigenvalue weighted by atomic mass is 10.1. The maximum Gasteiger partial charge on any atom is 0.250 e. The summed E-state index contributed by atoms with van der Waals surface area (Å²) in [7, 11) is 0. The summed E-state index contributed by atoms with van der Waals surface area (Å²) in [5.41, 5.74) is 11.8. The predicted octanol–water partition coefficient (Wildman–Crippen LogP) is -0.372. The molecule has 0 aliphatic rings. The Balaban J connectivity index is 2.43. The first kappa shape index (κ1) is 14.1. The fourth-order valence-corrected chi connectivity index (χ4v) is 1.35. The van der Waals surface area contributed by atoms with Gasteiger partial charge in [-0.25, -0.2) is 0 Å². The van der Waals surface area contributed by atoms with Gasteiger partial charge in [-0.1, -0.05) is 12.1 Å². The second kappa shape index (κ2) is 7.41.